The van der Waals surface area contributed by atoms with Crippen molar-refractivity contribution in [2.45, 2.75) is 26.2 Å². The van der Waals surface area contributed by atoms with Gasteiger partial charge in [-0.25, -0.2) is 9.38 Å². The highest BCUT2D eigenvalue weighted by Crippen LogP contribution is 2.32. The second-order valence-corrected chi connectivity index (χ2v) is 5.76. The smallest absolute Gasteiger partial charge is 0.357 e. The van der Waals surface area contributed by atoms with Crippen LogP contribution in [0.2, 0.25) is 0 Å². The van der Waals surface area contributed by atoms with Gasteiger partial charge >= 0.3 is 6.18 Å². The largest absolute Gasteiger partial charge is 0.416 e. The summed E-state index contributed by atoms with van der Waals surface area (Å²) in [5, 5.41) is 9.71. The van der Waals surface area contributed by atoms with Gasteiger partial charge in [-0.05, 0) is 47.0 Å². The van der Waals surface area contributed by atoms with E-state index in [9.17, 15) is 17.6 Å². The van der Waals surface area contributed by atoms with Gasteiger partial charge in [0.05, 0.1) is 12.1 Å². The molecule has 1 aromatic carbocycles. The molecule has 0 fully saturated rings. The van der Waals surface area contributed by atoms with Crippen LogP contribution in [0.25, 0.3) is 0 Å². The Morgan fingerprint density at radius 3 is 2.56 bits per heavy atom. The average molecular weight is 487 g/mol. The zero-order valence-corrected chi connectivity index (χ0v) is 16.5. The Hall–Kier alpha value is -1.36. The van der Waals surface area contributed by atoms with E-state index in [1.165, 1.54) is 0 Å². The maximum atomic E-state index is 13.1. The second-order valence-electron chi connectivity index (χ2n) is 4.98. The molecule has 25 heavy (non-hydrogen) atoms. The molecule has 0 radical (unpaired) electrons. The van der Waals surface area contributed by atoms with Crippen LogP contribution in [0.4, 0.5) is 17.6 Å². The highest BCUT2D eigenvalue weighted by molar-refractivity contribution is 14.0. The quantitative estimate of drug-likeness (QED) is 0.276. The molecule has 0 aliphatic carbocycles. The molecule has 2 rings (SSSR count). The molecule has 0 aliphatic heterocycles. The van der Waals surface area contributed by atoms with Crippen molar-refractivity contribution in [3.8, 4) is 0 Å². The van der Waals surface area contributed by atoms with Gasteiger partial charge in [-0.2, -0.15) is 24.5 Å². The number of guanidine groups is 1. The molecule has 0 spiro atoms. The van der Waals surface area contributed by atoms with E-state index in [0.29, 0.717) is 25.1 Å². The topological polar surface area (TPSA) is 36.4 Å². The van der Waals surface area contributed by atoms with Crippen LogP contribution in [-0.4, -0.2) is 12.5 Å². The summed E-state index contributed by atoms with van der Waals surface area (Å²) in [5.41, 5.74) is 0.00341. The van der Waals surface area contributed by atoms with Gasteiger partial charge in [0.2, 0.25) is 0 Å². The van der Waals surface area contributed by atoms with E-state index < -0.39 is 17.6 Å². The van der Waals surface area contributed by atoms with Crippen molar-refractivity contribution in [3.05, 3.63) is 57.5 Å². The van der Waals surface area contributed by atoms with Crippen LogP contribution in [0.5, 0.6) is 0 Å². The summed E-state index contributed by atoms with van der Waals surface area (Å²) in [6.07, 6.45) is -4.61. The highest BCUT2D eigenvalue weighted by atomic mass is 127. The molecule has 1 heterocycles. The van der Waals surface area contributed by atoms with Crippen molar-refractivity contribution >= 4 is 41.3 Å². The number of hydrogen-bond acceptors (Lipinski definition) is 2. The molecule has 2 aromatic rings. The molecule has 0 aliphatic rings. The predicted octanol–water partition coefficient (Wildman–Crippen LogP) is 4.78. The third-order valence-corrected chi connectivity index (χ3v) is 3.90. The maximum absolute atomic E-state index is 13.1. The van der Waals surface area contributed by atoms with Crippen molar-refractivity contribution in [3.63, 3.8) is 0 Å². The Morgan fingerprint density at radius 2 is 1.96 bits per heavy atom. The van der Waals surface area contributed by atoms with E-state index in [0.717, 1.165) is 17.7 Å². The van der Waals surface area contributed by atoms with Crippen LogP contribution in [0.3, 0.4) is 0 Å². The minimum absolute atomic E-state index is 0. The standard InChI is InChI=1S/C16H17F4N3S.HI/c1-2-21-15(22-8-11-5-6-24-10-11)23-9-12-3-4-13(17)7-14(12)16(18,19)20;/h3-7,10H,2,8-9H2,1H3,(H2,21,22,23);1H. The number of hydrogen-bond donors (Lipinski definition) is 2. The molecule has 0 atom stereocenters. The van der Waals surface area contributed by atoms with E-state index in [4.69, 9.17) is 0 Å². The van der Waals surface area contributed by atoms with Gasteiger partial charge in [0.25, 0.3) is 0 Å². The summed E-state index contributed by atoms with van der Waals surface area (Å²) >= 11 is 1.55. The Balaban J connectivity index is 0.00000312. The van der Waals surface area contributed by atoms with Crippen molar-refractivity contribution in [1.82, 2.24) is 10.6 Å². The zero-order valence-electron chi connectivity index (χ0n) is 13.4. The first kappa shape index (κ1) is 21.7. The molecule has 0 unspecified atom stereocenters. The second kappa shape index (κ2) is 9.95. The highest BCUT2D eigenvalue weighted by Gasteiger charge is 2.33. The number of rotatable bonds is 5. The van der Waals surface area contributed by atoms with Crippen LogP contribution in [0, 0.1) is 5.82 Å². The summed E-state index contributed by atoms with van der Waals surface area (Å²) in [4.78, 5) is 4.33. The lowest BCUT2D eigenvalue weighted by molar-refractivity contribution is -0.138. The van der Waals surface area contributed by atoms with Gasteiger partial charge in [0, 0.05) is 13.1 Å². The minimum Gasteiger partial charge on any atom is -0.357 e. The van der Waals surface area contributed by atoms with Gasteiger partial charge in [0.1, 0.15) is 5.82 Å². The summed E-state index contributed by atoms with van der Waals surface area (Å²) in [5.74, 6) is -0.509. The summed E-state index contributed by atoms with van der Waals surface area (Å²) < 4.78 is 52.1. The lowest BCUT2D eigenvalue weighted by atomic mass is 10.1. The first-order valence-corrected chi connectivity index (χ1v) is 8.23. The van der Waals surface area contributed by atoms with Gasteiger partial charge < -0.3 is 10.6 Å². The number of benzene rings is 1. The monoisotopic (exact) mass is 487 g/mol. The van der Waals surface area contributed by atoms with Crippen molar-refractivity contribution in [1.29, 1.82) is 0 Å². The fourth-order valence-electron chi connectivity index (χ4n) is 2.04. The normalized spacial score (nSPS) is 11.8. The molecule has 2 N–H and O–H groups in total. The van der Waals surface area contributed by atoms with Crippen molar-refractivity contribution in [2.75, 3.05) is 6.54 Å². The molecular formula is C16H18F4IN3S. The molecular weight excluding hydrogens is 469 g/mol. The molecule has 0 bridgehead atoms. The Kier molecular flexibility index (Phi) is 8.63. The molecule has 138 valence electrons. The predicted molar refractivity (Wildman–Crippen MR) is 103 cm³/mol. The van der Waals surface area contributed by atoms with Crippen LogP contribution < -0.4 is 10.6 Å². The minimum atomic E-state index is -4.61. The lowest BCUT2D eigenvalue weighted by Crippen LogP contribution is -2.37. The number of alkyl halides is 3. The molecule has 3 nitrogen and oxygen atoms in total. The number of thiophene rings is 1. The zero-order chi connectivity index (χ0) is 17.6. The van der Waals surface area contributed by atoms with Crippen molar-refractivity contribution in [2.24, 2.45) is 4.99 Å². The molecule has 0 saturated heterocycles. The van der Waals surface area contributed by atoms with Gasteiger partial charge in [0.15, 0.2) is 5.96 Å². The molecule has 1 aromatic heterocycles. The Morgan fingerprint density at radius 1 is 1.20 bits per heavy atom. The Labute approximate surface area is 164 Å². The third kappa shape index (κ3) is 6.81. The van der Waals surface area contributed by atoms with Crippen LogP contribution in [0.1, 0.15) is 23.6 Å². The molecule has 0 amide bonds. The Bertz CT molecular complexity index is 687. The van der Waals surface area contributed by atoms with E-state index in [-0.39, 0.29) is 36.1 Å². The first-order valence-electron chi connectivity index (χ1n) is 7.29. The average Bonchev–Trinajstić information content (AvgIpc) is 3.03. The van der Waals surface area contributed by atoms with Gasteiger partial charge in [-0.15, -0.1) is 24.0 Å². The maximum Gasteiger partial charge on any atom is 0.416 e. The fraction of sp³-hybridized carbons (Fsp3) is 0.312. The number of aliphatic imine (C=N–C) groups is 1. The van der Waals surface area contributed by atoms with E-state index in [1.807, 2.05) is 23.8 Å². The fourth-order valence-corrected chi connectivity index (χ4v) is 2.70. The first-order chi connectivity index (χ1) is 11.4. The number of halogens is 5. The van der Waals surface area contributed by atoms with Crippen molar-refractivity contribution < 1.29 is 17.6 Å². The SMILES string of the molecule is CCNC(=NCc1ccsc1)NCc1ccc(F)cc1C(F)(F)F.I. The van der Waals surface area contributed by atoms with Crippen LogP contribution >= 0.6 is 35.3 Å². The van der Waals surface area contributed by atoms with E-state index >= 15 is 0 Å². The molecule has 9 heteroatoms. The van der Waals surface area contributed by atoms with Crippen LogP contribution in [0.15, 0.2) is 40.0 Å². The van der Waals surface area contributed by atoms with E-state index in [2.05, 4.69) is 15.6 Å². The summed E-state index contributed by atoms with van der Waals surface area (Å²) in [7, 11) is 0. The van der Waals surface area contributed by atoms with Gasteiger partial charge in [-0.1, -0.05) is 6.07 Å². The number of nitrogens with zero attached hydrogens (tertiary/aromatic N) is 1. The summed E-state index contributed by atoms with van der Waals surface area (Å²) in [6.45, 7) is 2.75. The summed E-state index contributed by atoms with van der Waals surface area (Å²) in [6, 6.07) is 4.58. The lowest BCUT2D eigenvalue weighted by Gasteiger charge is -2.15. The molecule has 0 saturated carbocycles. The number of nitrogens with one attached hydrogen (secondary N) is 2. The third-order valence-electron chi connectivity index (χ3n) is 3.17. The van der Waals surface area contributed by atoms with Crippen LogP contribution in [-0.2, 0) is 19.3 Å². The van der Waals surface area contributed by atoms with E-state index in [1.54, 1.807) is 11.3 Å². The van der Waals surface area contributed by atoms with Gasteiger partial charge in [-0.3, -0.25) is 0 Å².